The van der Waals surface area contributed by atoms with Crippen molar-refractivity contribution in [2.75, 3.05) is 0 Å². The van der Waals surface area contributed by atoms with Crippen molar-refractivity contribution in [1.82, 2.24) is 9.38 Å². The third kappa shape index (κ3) is 2.87. The predicted octanol–water partition coefficient (Wildman–Crippen LogP) is 4.14. The minimum atomic E-state index is 0.702. The molecule has 0 aliphatic carbocycles. The largest absolute Gasteiger partial charge is 0.303 e. The molecule has 0 saturated heterocycles. The lowest BCUT2D eigenvalue weighted by atomic mass is 10.0. The quantitative estimate of drug-likeness (QED) is 0.708. The molecule has 0 aliphatic heterocycles. The van der Waals surface area contributed by atoms with Crippen molar-refractivity contribution in [2.24, 2.45) is 0 Å². The molecule has 1 aromatic carbocycles. The van der Waals surface area contributed by atoms with E-state index in [1.165, 1.54) is 23.4 Å². The molecule has 110 valence electrons. The van der Waals surface area contributed by atoms with Crippen molar-refractivity contribution in [3.63, 3.8) is 0 Å². The Morgan fingerprint density at radius 1 is 1.14 bits per heavy atom. The smallest absolute Gasteiger partial charge is 0.137 e. The first-order chi connectivity index (χ1) is 10.8. The molecular weight excluding hydrogens is 270 g/mol. The van der Waals surface area contributed by atoms with Crippen LogP contribution in [0.15, 0.2) is 48.7 Å². The zero-order valence-corrected chi connectivity index (χ0v) is 12.8. The van der Waals surface area contributed by atoms with Gasteiger partial charge in [0.2, 0.25) is 0 Å². The number of benzene rings is 1. The van der Waals surface area contributed by atoms with Crippen LogP contribution in [0, 0.1) is 11.3 Å². The van der Waals surface area contributed by atoms with Crippen LogP contribution in [0.25, 0.3) is 5.65 Å². The maximum Gasteiger partial charge on any atom is 0.137 e. The molecule has 3 heteroatoms. The highest BCUT2D eigenvalue weighted by molar-refractivity contribution is 5.45. The minimum Gasteiger partial charge on any atom is -0.303 e. The van der Waals surface area contributed by atoms with Gasteiger partial charge < -0.3 is 4.40 Å². The van der Waals surface area contributed by atoms with Gasteiger partial charge in [0.05, 0.1) is 23.0 Å². The zero-order valence-electron chi connectivity index (χ0n) is 12.8. The van der Waals surface area contributed by atoms with Crippen LogP contribution in [0.1, 0.15) is 42.3 Å². The minimum absolute atomic E-state index is 0.702. The standard InChI is InChI=1S/C19H19N3/c1-2-3-6-17-18(22-12-5-4-7-19(22)21-17)13-15-8-10-16(14-20)11-9-15/h4-5,7-12H,2-3,6,13H2,1H3. The van der Waals surface area contributed by atoms with Gasteiger partial charge >= 0.3 is 0 Å². The molecule has 0 atom stereocenters. The zero-order chi connectivity index (χ0) is 15.4. The number of nitriles is 1. The van der Waals surface area contributed by atoms with Gasteiger partial charge in [-0.05, 0) is 42.7 Å². The van der Waals surface area contributed by atoms with Gasteiger partial charge in [0.1, 0.15) is 5.65 Å². The number of aromatic nitrogens is 2. The topological polar surface area (TPSA) is 41.1 Å². The van der Waals surface area contributed by atoms with E-state index in [9.17, 15) is 0 Å². The van der Waals surface area contributed by atoms with Crippen molar-refractivity contribution < 1.29 is 0 Å². The van der Waals surface area contributed by atoms with Gasteiger partial charge in [-0.2, -0.15) is 5.26 Å². The average molecular weight is 289 g/mol. The number of unbranched alkanes of at least 4 members (excludes halogenated alkanes) is 1. The van der Waals surface area contributed by atoms with Gasteiger partial charge in [0, 0.05) is 12.6 Å². The van der Waals surface area contributed by atoms with Crippen LogP contribution in [0.5, 0.6) is 0 Å². The van der Waals surface area contributed by atoms with E-state index in [2.05, 4.69) is 29.7 Å². The fourth-order valence-corrected chi connectivity index (χ4v) is 2.72. The normalized spacial score (nSPS) is 10.7. The van der Waals surface area contributed by atoms with Gasteiger partial charge in [-0.15, -0.1) is 0 Å². The third-order valence-electron chi connectivity index (χ3n) is 3.93. The summed E-state index contributed by atoms with van der Waals surface area (Å²) in [6.45, 7) is 2.20. The first kappa shape index (κ1) is 14.3. The fourth-order valence-electron chi connectivity index (χ4n) is 2.72. The summed E-state index contributed by atoms with van der Waals surface area (Å²) in [5.41, 5.74) is 5.37. The van der Waals surface area contributed by atoms with Crippen molar-refractivity contribution in [3.8, 4) is 6.07 Å². The number of pyridine rings is 1. The highest BCUT2D eigenvalue weighted by atomic mass is 15.0. The number of hydrogen-bond acceptors (Lipinski definition) is 2. The first-order valence-electron chi connectivity index (χ1n) is 7.75. The van der Waals surface area contributed by atoms with Crippen LogP contribution in [-0.4, -0.2) is 9.38 Å². The van der Waals surface area contributed by atoms with Gasteiger partial charge in [0.25, 0.3) is 0 Å². The highest BCUT2D eigenvalue weighted by Gasteiger charge is 2.12. The van der Waals surface area contributed by atoms with E-state index in [-0.39, 0.29) is 0 Å². The number of aryl methyl sites for hydroxylation is 1. The molecule has 0 amide bonds. The summed E-state index contributed by atoms with van der Waals surface area (Å²) < 4.78 is 2.18. The van der Waals surface area contributed by atoms with Crippen LogP contribution >= 0.6 is 0 Å². The van der Waals surface area contributed by atoms with E-state index in [1.54, 1.807) is 0 Å². The van der Waals surface area contributed by atoms with Crippen molar-refractivity contribution in [3.05, 3.63) is 71.2 Å². The molecule has 0 spiro atoms. The van der Waals surface area contributed by atoms with E-state index < -0.39 is 0 Å². The van der Waals surface area contributed by atoms with E-state index in [0.29, 0.717) is 5.56 Å². The number of rotatable bonds is 5. The summed E-state index contributed by atoms with van der Waals surface area (Å²) in [6, 6.07) is 16.1. The van der Waals surface area contributed by atoms with Crippen LogP contribution in [0.3, 0.4) is 0 Å². The molecule has 0 bridgehead atoms. The Labute approximate surface area is 130 Å². The number of hydrogen-bond donors (Lipinski definition) is 0. The van der Waals surface area contributed by atoms with Gasteiger partial charge in [0.15, 0.2) is 0 Å². The first-order valence-corrected chi connectivity index (χ1v) is 7.75. The van der Waals surface area contributed by atoms with E-state index in [0.717, 1.165) is 24.9 Å². The molecule has 0 aliphatic rings. The lowest BCUT2D eigenvalue weighted by Gasteiger charge is -2.05. The molecule has 2 heterocycles. The maximum atomic E-state index is 8.90. The van der Waals surface area contributed by atoms with Gasteiger partial charge in [-0.3, -0.25) is 0 Å². The number of nitrogens with zero attached hydrogens (tertiary/aromatic N) is 3. The van der Waals surface area contributed by atoms with Crippen LogP contribution < -0.4 is 0 Å². The molecule has 2 aromatic heterocycles. The number of imidazole rings is 1. The maximum absolute atomic E-state index is 8.90. The second kappa shape index (κ2) is 6.44. The fraction of sp³-hybridized carbons (Fsp3) is 0.263. The Morgan fingerprint density at radius 2 is 1.95 bits per heavy atom. The molecule has 0 N–H and O–H groups in total. The van der Waals surface area contributed by atoms with E-state index in [1.807, 2.05) is 36.4 Å². The lowest BCUT2D eigenvalue weighted by Crippen LogP contribution is -1.99. The SMILES string of the molecule is CCCCc1nc2ccccn2c1Cc1ccc(C#N)cc1. The molecule has 3 rings (SSSR count). The second-order valence-corrected chi connectivity index (χ2v) is 5.52. The summed E-state index contributed by atoms with van der Waals surface area (Å²) >= 11 is 0. The van der Waals surface area contributed by atoms with E-state index in [4.69, 9.17) is 10.2 Å². The molecular formula is C19H19N3. The number of fused-ring (bicyclic) bond motifs is 1. The lowest BCUT2D eigenvalue weighted by molar-refractivity contribution is 0.771. The summed E-state index contributed by atoms with van der Waals surface area (Å²) in [5, 5.41) is 8.90. The van der Waals surface area contributed by atoms with Crippen molar-refractivity contribution >= 4 is 5.65 Å². The van der Waals surface area contributed by atoms with Crippen LogP contribution in [0.4, 0.5) is 0 Å². The molecule has 3 aromatic rings. The Kier molecular flexibility index (Phi) is 4.20. The Bertz CT molecular complexity index is 807. The second-order valence-electron chi connectivity index (χ2n) is 5.52. The van der Waals surface area contributed by atoms with Crippen LogP contribution in [0.2, 0.25) is 0 Å². The van der Waals surface area contributed by atoms with Gasteiger partial charge in [-0.1, -0.05) is 31.5 Å². The average Bonchev–Trinajstić information content (AvgIpc) is 2.91. The summed E-state index contributed by atoms with van der Waals surface area (Å²) in [6.07, 6.45) is 6.27. The molecule has 0 fully saturated rings. The Morgan fingerprint density at radius 3 is 2.68 bits per heavy atom. The van der Waals surface area contributed by atoms with Crippen molar-refractivity contribution in [2.45, 2.75) is 32.6 Å². The predicted molar refractivity (Wildman–Crippen MR) is 87.8 cm³/mol. The highest BCUT2D eigenvalue weighted by Crippen LogP contribution is 2.19. The Balaban J connectivity index is 1.98. The van der Waals surface area contributed by atoms with E-state index >= 15 is 0 Å². The Hall–Kier alpha value is -2.60. The molecule has 0 radical (unpaired) electrons. The summed E-state index contributed by atoms with van der Waals surface area (Å²) in [4.78, 5) is 4.79. The van der Waals surface area contributed by atoms with Crippen molar-refractivity contribution in [1.29, 1.82) is 5.26 Å². The monoisotopic (exact) mass is 289 g/mol. The third-order valence-corrected chi connectivity index (χ3v) is 3.93. The van der Waals surface area contributed by atoms with Gasteiger partial charge in [-0.25, -0.2) is 4.98 Å². The molecule has 0 saturated carbocycles. The summed E-state index contributed by atoms with van der Waals surface area (Å²) in [5.74, 6) is 0. The molecule has 22 heavy (non-hydrogen) atoms. The molecule has 3 nitrogen and oxygen atoms in total. The van der Waals surface area contributed by atoms with Crippen LogP contribution in [-0.2, 0) is 12.8 Å². The summed E-state index contributed by atoms with van der Waals surface area (Å²) in [7, 11) is 0. The molecule has 0 unspecified atom stereocenters.